The Morgan fingerprint density at radius 1 is 1.25 bits per heavy atom. The molecular formula is C10H22N2. The van der Waals surface area contributed by atoms with Crippen LogP contribution in [0.2, 0.25) is 0 Å². The van der Waals surface area contributed by atoms with Crippen LogP contribution in [-0.4, -0.2) is 48.6 Å². The molecule has 1 unspecified atom stereocenters. The molecule has 1 atom stereocenters. The molecule has 2 heteroatoms. The Bertz CT molecular complexity index is 134. The van der Waals surface area contributed by atoms with Gasteiger partial charge >= 0.3 is 0 Å². The van der Waals surface area contributed by atoms with Gasteiger partial charge in [0.05, 0.1) is 0 Å². The van der Waals surface area contributed by atoms with Crippen LogP contribution in [0.15, 0.2) is 0 Å². The third-order valence-electron chi connectivity index (χ3n) is 2.94. The summed E-state index contributed by atoms with van der Waals surface area (Å²) in [5, 5.41) is 0. The number of likely N-dealkylation sites (N-methyl/N-ethyl adjacent to an activating group) is 1. The first-order valence-electron chi connectivity index (χ1n) is 5.05. The highest BCUT2D eigenvalue weighted by molar-refractivity contribution is 4.76. The molecule has 1 heterocycles. The Kier molecular flexibility index (Phi) is 3.53. The zero-order valence-electron chi connectivity index (χ0n) is 8.88. The van der Waals surface area contributed by atoms with E-state index in [1.807, 2.05) is 0 Å². The summed E-state index contributed by atoms with van der Waals surface area (Å²) in [6.07, 6.45) is 1.32. The molecule has 0 saturated carbocycles. The highest BCUT2D eigenvalue weighted by Gasteiger charge is 2.19. The second-order valence-electron chi connectivity index (χ2n) is 4.27. The van der Waals surface area contributed by atoms with E-state index in [1.54, 1.807) is 0 Å². The van der Waals surface area contributed by atoms with Crippen molar-refractivity contribution in [2.75, 3.05) is 26.7 Å². The Morgan fingerprint density at radius 2 is 1.92 bits per heavy atom. The van der Waals surface area contributed by atoms with Gasteiger partial charge in [0, 0.05) is 18.6 Å². The second kappa shape index (κ2) is 4.24. The van der Waals surface area contributed by atoms with E-state index in [9.17, 15) is 0 Å². The van der Waals surface area contributed by atoms with Crippen LogP contribution >= 0.6 is 0 Å². The second-order valence-corrected chi connectivity index (χ2v) is 4.27. The van der Waals surface area contributed by atoms with Crippen molar-refractivity contribution in [2.24, 2.45) is 0 Å². The minimum absolute atomic E-state index is 0.707. The predicted molar refractivity (Wildman–Crippen MR) is 53.4 cm³/mol. The monoisotopic (exact) mass is 170 g/mol. The largest absolute Gasteiger partial charge is 0.302 e. The predicted octanol–water partition coefficient (Wildman–Crippen LogP) is 1.42. The summed E-state index contributed by atoms with van der Waals surface area (Å²) in [5.41, 5.74) is 0. The first-order valence-corrected chi connectivity index (χ1v) is 5.05. The summed E-state index contributed by atoms with van der Waals surface area (Å²) in [6, 6.07) is 1.42. The number of hydrogen-bond acceptors (Lipinski definition) is 2. The van der Waals surface area contributed by atoms with Gasteiger partial charge in [0.2, 0.25) is 0 Å². The van der Waals surface area contributed by atoms with Crippen molar-refractivity contribution in [3.63, 3.8) is 0 Å². The molecule has 1 aliphatic heterocycles. The van der Waals surface area contributed by atoms with E-state index in [1.165, 1.54) is 26.1 Å². The molecule has 2 nitrogen and oxygen atoms in total. The molecule has 12 heavy (non-hydrogen) atoms. The van der Waals surface area contributed by atoms with E-state index in [0.717, 1.165) is 6.04 Å². The Morgan fingerprint density at radius 3 is 2.50 bits per heavy atom. The molecule has 0 aliphatic carbocycles. The van der Waals surface area contributed by atoms with Gasteiger partial charge in [0.25, 0.3) is 0 Å². The maximum Gasteiger partial charge on any atom is 0.0191 e. The van der Waals surface area contributed by atoms with E-state index in [0.29, 0.717) is 6.04 Å². The van der Waals surface area contributed by atoms with E-state index >= 15 is 0 Å². The summed E-state index contributed by atoms with van der Waals surface area (Å²) in [5.74, 6) is 0. The summed E-state index contributed by atoms with van der Waals surface area (Å²) >= 11 is 0. The van der Waals surface area contributed by atoms with Crippen LogP contribution in [0.5, 0.6) is 0 Å². The Balaban J connectivity index is 2.48. The van der Waals surface area contributed by atoms with Gasteiger partial charge in [-0.2, -0.15) is 0 Å². The fourth-order valence-corrected chi connectivity index (χ4v) is 1.78. The van der Waals surface area contributed by atoms with Gasteiger partial charge in [0.1, 0.15) is 0 Å². The first kappa shape index (κ1) is 10.0. The summed E-state index contributed by atoms with van der Waals surface area (Å²) < 4.78 is 0. The van der Waals surface area contributed by atoms with Crippen molar-refractivity contribution in [3.8, 4) is 0 Å². The molecule has 1 aliphatic rings. The van der Waals surface area contributed by atoms with Crippen LogP contribution in [-0.2, 0) is 0 Å². The highest BCUT2D eigenvalue weighted by Crippen LogP contribution is 2.09. The number of nitrogens with zero attached hydrogens (tertiary/aromatic N) is 2. The fraction of sp³-hybridized carbons (Fsp3) is 1.00. The normalized spacial score (nSPS) is 29.2. The topological polar surface area (TPSA) is 6.48 Å². The van der Waals surface area contributed by atoms with Crippen LogP contribution in [0.25, 0.3) is 0 Å². The molecule has 0 radical (unpaired) electrons. The average molecular weight is 170 g/mol. The van der Waals surface area contributed by atoms with E-state index in [2.05, 4.69) is 37.6 Å². The van der Waals surface area contributed by atoms with Gasteiger partial charge in [-0.25, -0.2) is 0 Å². The van der Waals surface area contributed by atoms with Gasteiger partial charge < -0.3 is 4.90 Å². The molecule has 0 N–H and O–H groups in total. The quantitative estimate of drug-likeness (QED) is 0.587. The lowest BCUT2D eigenvalue weighted by atomic mass is 10.2. The molecule has 1 rings (SSSR count). The van der Waals surface area contributed by atoms with E-state index in [4.69, 9.17) is 0 Å². The highest BCUT2D eigenvalue weighted by atomic mass is 15.2. The van der Waals surface area contributed by atoms with Crippen LogP contribution in [0.1, 0.15) is 27.2 Å². The average Bonchev–Trinajstić information content (AvgIpc) is 2.15. The minimum atomic E-state index is 0.707. The van der Waals surface area contributed by atoms with Crippen molar-refractivity contribution in [3.05, 3.63) is 0 Å². The number of hydrogen-bond donors (Lipinski definition) is 0. The molecule has 1 saturated heterocycles. The fourth-order valence-electron chi connectivity index (χ4n) is 1.78. The minimum Gasteiger partial charge on any atom is -0.302 e. The molecule has 72 valence electrons. The van der Waals surface area contributed by atoms with Crippen LogP contribution in [0.4, 0.5) is 0 Å². The molecule has 0 amide bonds. The standard InChI is InChI=1S/C10H22N2/c1-9(2)12-7-5-6-11(4)10(3)8-12/h9-10H,5-8H2,1-4H3. The van der Waals surface area contributed by atoms with Crippen LogP contribution < -0.4 is 0 Å². The Hall–Kier alpha value is -0.0800. The third-order valence-corrected chi connectivity index (χ3v) is 2.94. The summed E-state index contributed by atoms with van der Waals surface area (Å²) in [6.45, 7) is 10.7. The van der Waals surface area contributed by atoms with Crippen LogP contribution in [0.3, 0.4) is 0 Å². The lowest BCUT2D eigenvalue weighted by Gasteiger charge is -2.28. The molecule has 0 aromatic rings. The summed E-state index contributed by atoms with van der Waals surface area (Å²) in [7, 11) is 2.23. The molecular weight excluding hydrogens is 148 g/mol. The maximum atomic E-state index is 2.58. The first-order chi connectivity index (χ1) is 5.61. The van der Waals surface area contributed by atoms with Crippen molar-refractivity contribution in [1.29, 1.82) is 0 Å². The molecule has 0 aromatic heterocycles. The van der Waals surface area contributed by atoms with Gasteiger partial charge in [-0.05, 0) is 47.3 Å². The molecule has 0 spiro atoms. The van der Waals surface area contributed by atoms with Gasteiger partial charge in [-0.3, -0.25) is 4.90 Å². The van der Waals surface area contributed by atoms with Crippen molar-refractivity contribution in [1.82, 2.24) is 9.80 Å². The van der Waals surface area contributed by atoms with E-state index < -0.39 is 0 Å². The third kappa shape index (κ3) is 2.46. The van der Waals surface area contributed by atoms with Crippen LogP contribution in [0, 0.1) is 0 Å². The number of rotatable bonds is 1. The smallest absolute Gasteiger partial charge is 0.0191 e. The maximum absolute atomic E-state index is 2.58. The van der Waals surface area contributed by atoms with Gasteiger partial charge in [-0.1, -0.05) is 0 Å². The SMILES string of the molecule is CC1CN(C(C)C)CCCN1C. The summed E-state index contributed by atoms with van der Waals surface area (Å²) in [4.78, 5) is 5.04. The molecule has 1 fully saturated rings. The van der Waals surface area contributed by atoms with E-state index in [-0.39, 0.29) is 0 Å². The lowest BCUT2D eigenvalue weighted by molar-refractivity contribution is 0.190. The van der Waals surface area contributed by atoms with Gasteiger partial charge in [-0.15, -0.1) is 0 Å². The van der Waals surface area contributed by atoms with Crippen molar-refractivity contribution in [2.45, 2.75) is 39.3 Å². The molecule has 0 bridgehead atoms. The van der Waals surface area contributed by atoms with Crippen molar-refractivity contribution < 1.29 is 0 Å². The van der Waals surface area contributed by atoms with Gasteiger partial charge in [0.15, 0.2) is 0 Å². The Labute approximate surface area is 76.5 Å². The zero-order valence-corrected chi connectivity index (χ0v) is 8.88. The zero-order chi connectivity index (χ0) is 9.14. The molecule has 0 aromatic carbocycles. The van der Waals surface area contributed by atoms with Crippen molar-refractivity contribution >= 4 is 0 Å². The lowest BCUT2D eigenvalue weighted by Crippen LogP contribution is -2.39.